The van der Waals surface area contributed by atoms with Crippen molar-refractivity contribution in [2.24, 2.45) is 0 Å². The Morgan fingerprint density at radius 1 is 1.04 bits per heavy atom. The smallest absolute Gasteiger partial charge is 0.393 e. The zero-order valence-corrected chi connectivity index (χ0v) is 16.3. The van der Waals surface area contributed by atoms with E-state index in [0.29, 0.717) is 22.8 Å². The SMILES string of the molecule is CC1=CC(C)=[N+]2C1=C(c1ccc3ncccc3c1)c1c(C)cc(C)n1[B-]2(F)F. The molecule has 0 atom stereocenters. The molecule has 0 amide bonds. The van der Waals surface area contributed by atoms with E-state index >= 15 is 8.63 Å². The third-order valence-corrected chi connectivity index (χ3v) is 5.83. The van der Waals surface area contributed by atoms with E-state index in [1.807, 2.05) is 56.3 Å². The predicted molar refractivity (Wildman–Crippen MR) is 110 cm³/mol. The highest BCUT2D eigenvalue weighted by Crippen LogP contribution is 2.44. The number of hydrogen-bond donors (Lipinski definition) is 0. The molecule has 4 heterocycles. The number of allylic oxidation sites excluding steroid dienone is 2. The molecule has 28 heavy (non-hydrogen) atoms. The van der Waals surface area contributed by atoms with E-state index in [4.69, 9.17) is 0 Å². The van der Waals surface area contributed by atoms with Crippen LogP contribution in [0.3, 0.4) is 0 Å². The van der Waals surface area contributed by atoms with Gasteiger partial charge in [0.15, 0.2) is 5.70 Å². The first-order valence-electron chi connectivity index (χ1n) is 9.43. The molecule has 0 aliphatic carbocycles. The zero-order valence-electron chi connectivity index (χ0n) is 16.3. The van der Waals surface area contributed by atoms with Crippen molar-refractivity contribution in [3.05, 3.63) is 82.5 Å². The molecule has 0 N–H and O–H groups in total. The van der Waals surface area contributed by atoms with Gasteiger partial charge in [0.2, 0.25) is 0 Å². The van der Waals surface area contributed by atoms with Gasteiger partial charge in [-0.3, -0.25) is 4.98 Å². The van der Waals surface area contributed by atoms with Gasteiger partial charge in [0.1, 0.15) is 5.71 Å². The second-order valence-corrected chi connectivity index (χ2v) is 7.75. The van der Waals surface area contributed by atoms with E-state index in [-0.39, 0.29) is 0 Å². The van der Waals surface area contributed by atoms with E-state index in [1.54, 1.807) is 20.0 Å². The Morgan fingerprint density at radius 3 is 2.61 bits per heavy atom. The minimum absolute atomic E-state index is 0.578. The summed E-state index contributed by atoms with van der Waals surface area (Å²) in [6.07, 6.45) is 3.61. The van der Waals surface area contributed by atoms with Crippen molar-refractivity contribution >= 4 is 29.2 Å². The molecule has 0 fully saturated rings. The summed E-state index contributed by atoms with van der Waals surface area (Å²) in [5, 5.41) is 0.996. The minimum atomic E-state index is -3.94. The van der Waals surface area contributed by atoms with Gasteiger partial charge >= 0.3 is 6.97 Å². The lowest BCUT2D eigenvalue weighted by atomic mass is 9.83. The highest BCUT2D eigenvalue weighted by molar-refractivity contribution is 6.58. The average molecular weight is 375 g/mol. The molecule has 3 nitrogen and oxygen atoms in total. The third-order valence-electron chi connectivity index (χ3n) is 5.83. The van der Waals surface area contributed by atoms with Crippen LogP contribution in [0.5, 0.6) is 0 Å². The number of pyridine rings is 1. The molecule has 6 heteroatoms. The second kappa shape index (κ2) is 5.50. The van der Waals surface area contributed by atoms with Crippen LogP contribution in [0.4, 0.5) is 8.63 Å². The van der Waals surface area contributed by atoms with Gasteiger partial charge in [0.05, 0.1) is 11.1 Å². The van der Waals surface area contributed by atoms with Crippen LogP contribution >= 0.6 is 0 Å². The molecule has 0 radical (unpaired) electrons. The van der Waals surface area contributed by atoms with Gasteiger partial charge in [0, 0.05) is 35.8 Å². The molecule has 2 aliphatic heterocycles. The third kappa shape index (κ3) is 2.09. The minimum Gasteiger partial charge on any atom is -0.393 e. The molecule has 1 aromatic carbocycles. The van der Waals surface area contributed by atoms with Gasteiger partial charge in [-0.05, 0) is 61.9 Å². The van der Waals surface area contributed by atoms with Crippen molar-refractivity contribution in [2.45, 2.75) is 27.7 Å². The lowest BCUT2D eigenvalue weighted by Gasteiger charge is -2.34. The molecular formula is C22H20BF2N3. The highest BCUT2D eigenvalue weighted by atomic mass is 19.2. The second-order valence-electron chi connectivity index (χ2n) is 7.75. The number of aryl methyl sites for hydroxylation is 2. The van der Waals surface area contributed by atoms with Crippen molar-refractivity contribution in [1.29, 1.82) is 0 Å². The van der Waals surface area contributed by atoms with Crippen LogP contribution in [-0.2, 0) is 0 Å². The molecule has 0 bridgehead atoms. The topological polar surface area (TPSA) is 20.8 Å². The van der Waals surface area contributed by atoms with Crippen LogP contribution < -0.4 is 0 Å². The van der Waals surface area contributed by atoms with E-state index < -0.39 is 6.97 Å². The normalized spacial score (nSPS) is 17.9. The van der Waals surface area contributed by atoms with Crippen LogP contribution in [0.25, 0.3) is 16.5 Å². The molecule has 2 aromatic heterocycles. The maximum absolute atomic E-state index is 15.6. The summed E-state index contributed by atoms with van der Waals surface area (Å²) in [7, 11) is 0. The Bertz CT molecular complexity index is 1280. The van der Waals surface area contributed by atoms with E-state index in [0.717, 1.165) is 33.2 Å². The van der Waals surface area contributed by atoms with Gasteiger partial charge in [-0.25, -0.2) is 0 Å². The summed E-state index contributed by atoms with van der Waals surface area (Å²) in [4.78, 5) is 4.39. The fourth-order valence-corrected chi connectivity index (χ4v) is 4.80. The number of rotatable bonds is 1. The van der Waals surface area contributed by atoms with Gasteiger partial charge in [-0.2, -0.15) is 0 Å². The molecule has 3 aromatic rings. The van der Waals surface area contributed by atoms with Crippen LogP contribution in [0.2, 0.25) is 0 Å². The quantitative estimate of drug-likeness (QED) is 0.544. The Kier molecular flexibility index (Phi) is 3.36. The van der Waals surface area contributed by atoms with Crippen LogP contribution in [0, 0.1) is 13.8 Å². The maximum Gasteiger partial charge on any atom is 0.737 e. The largest absolute Gasteiger partial charge is 0.737 e. The number of aromatic nitrogens is 2. The molecule has 5 rings (SSSR count). The van der Waals surface area contributed by atoms with Gasteiger partial charge in [0.25, 0.3) is 0 Å². The van der Waals surface area contributed by atoms with Gasteiger partial charge in [-0.15, -0.1) is 0 Å². The first-order chi connectivity index (χ1) is 13.3. The van der Waals surface area contributed by atoms with Gasteiger partial charge in [-0.1, -0.05) is 12.1 Å². The first-order valence-corrected chi connectivity index (χ1v) is 9.43. The fraction of sp³-hybridized carbons (Fsp3) is 0.182. The summed E-state index contributed by atoms with van der Waals surface area (Å²) in [6.45, 7) is 3.39. The number of benzene rings is 1. The standard InChI is InChI=1S/C22H20BF2N3/c1-13-10-15(3)27-21(13)20(18-7-8-19-17(12-18)6-5-9-26-19)22-14(2)11-16(4)28(22)23(27,24)25/h5-12H,1-4H3. The lowest BCUT2D eigenvalue weighted by molar-refractivity contribution is -0.363. The predicted octanol–water partition coefficient (Wildman–Crippen LogP) is 5.08. The summed E-state index contributed by atoms with van der Waals surface area (Å²) in [6, 6.07) is 11.7. The molecule has 140 valence electrons. The number of hydrogen-bond acceptors (Lipinski definition) is 1. The molecular weight excluding hydrogens is 355 g/mol. The molecule has 0 saturated heterocycles. The molecule has 0 unspecified atom stereocenters. The van der Waals surface area contributed by atoms with E-state index in [1.165, 1.54) is 8.96 Å². The summed E-state index contributed by atoms with van der Waals surface area (Å²) in [5.41, 5.74) is 6.78. The summed E-state index contributed by atoms with van der Waals surface area (Å²) in [5.74, 6) is 0. The number of fused-ring (bicyclic) bond motifs is 3. The summed E-state index contributed by atoms with van der Waals surface area (Å²) < 4.78 is 33.8. The van der Waals surface area contributed by atoms with Crippen LogP contribution in [0.1, 0.15) is 36.4 Å². The van der Waals surface area contributed by atoms with Crippen molar-refractivity contribution < 1.29 is 13.1 Å². The fourth-order valence-electron chi connectivity index (χ4n) is 4.80. The Hall–Kier alpha value is -3.02. The maximum atomic E-state index is 15.6. The Morgan fingerprint density at radius 2 is 1.82 bits per heavy atom. The van der Waals surface area contributed by atoms with E-state index in [2.05, 4.69) is 4.98 Å². The van der Waals surface area contributed by atoms with Crippen molar-refractivity contribution in [2.75, 3.05) is 0 Å². The van der Waals surface area contributed by atoms with Crippen molar-refractivity contribution in [3.8, 4) is 0 Å². The van der Waals surface area contributed by atoms with Crippen molar-refractivity contribution in [1.82, 2.24) is 9.46 Å². The Labute approximate surface area is 162 Å². The Balaban J connectivity index is 1.93. The average Bonchev–Trinajstić information content (AvgIpc) is 3.12. The lowest BCUT2D eigenvalue weighted by Crippen LogP contribution is -2.51. The van der Waals surface area contributed by atoms with E-state index in [9.17, 15) is 0 Å². The van der Waals surface area contributed by atoms with Gasteiger partial charge < -0.3 is 17.6 Å². The molecule has 2 aliphatic rings. The highest BCUT2D eigenvalue weighted by Gasteiger charge is 2.55. The van der Waals surface area contributed by atoms with Crippen LogP contribution in [-0.4, -0.2) is 26.6 Å². The monoisotopic (exact) mass is 375 g/mol. The number of halogens is 2. The van der Waals surface area contributed by atoms with Crippen LogP contribution in [0.15, 0.2) is 59.9 Å². The van der Waals surface area contributed by atoms with Crippen molar-refractivity contribution in [3.63, 3.8) is 0 Å². The zero-order chi connectivity index (χ0) is 19.8. The molecule has 0 spiro atoms. The first kappa shape index (κ1) is 17.1. The molecule has 0 saturated carbocycles. The summed E-state index contributed by atoms with van der Waals surface area (Å²) >= 11 is 0. The number of nitrogens with zero attached hydrogens (tertiary/aromatic N) is 3.